The highest BCUT2D eigenvalue weighted by Crippen LogP contribution is 2.43. The minimum absolute atomic E-state index is 0.291. The van der Waals surface area contributed by atoms with Crippen molar-refractivity contribution in [2.45, 2.75) is 63.9 Å². The van der Waals surface area contributed by atoms with Crippen molar-refractivity contribution in [3.8, 4) is 0 Å². The van der Waals surface area contributed by atoms with Crippen molar-refractivity contribution in [2.24, 2.45) is 11.8 Å². The summed E-state index contributed by atoms with van der Waals surface area (Å²) in [5, 5.41) is 0. The van der Waals surface area contributed by atoms with Crippen molar-refractivity contribution in [3.05, 3.63) is 0 Å². The van der Waals surface area contributed by atoms with E-state index in [4.69, 9.17) is 4.74 Å². The second kappa shape index (κ2) is 4.87. The molecule has 0 radical (unpaired) electrons. The lowest BCUT2D eigenvalue weighted by Crippen LogP contribution is -2.51. The Labute approximate surface area is 98.7 Å². The van der Waals surface area contributed by atoms with Crippen LogP contribution in [0, 0.1) is 11.8 Å². The van der Waals surface area contributed by atoms with Crippen LogP contribution >= 0.6 is 0 Å². The number of ketones is 1. The van der Waals surface area contributed by atoms with Gasteiger partial charge in [-0.05, 0) is 38.0 Å². The summed E-state index contributed by atoms with van der Waals surface area (Å²) in [5.41, 5.74) is -0.380. The minimum Gasteiger partial charge on any atom is -0.370 e. The standard InChI is InChI=1S/C14H24O2/c1-3-11-7-4-5-8-12(11)13(15)14(16-2)9-6-10-14/h11-12H,3-10H2,1-2H3. The van der Waals surface area contributed by atoms with Crippen molar-refractivity contribution >= 4 is 5.78 Å². The summed E-state index contributed by atoms with van der Waals surface area (Å²) in [7, 11) is 1.71. The first-order valence-corrected chi connectivity index (χ1v) is 6.83. The zero-order valence-electron chi connectivity index (χ0n) is 10.6. The van der Waals surface area contributed by atoms with E-state index >= 15 is 0 Å². The zero-order chi connectivity index (χ0) is 11.6. The van der Waals surface area contributed by atoms with E-state index in [9.17, 15) is 4.79 Å². The minimum atomic E-state index is -0.380. The van der Waals surface area contributed by atoms with Gasteiger partial charge in [0.25, 0.3) is 0 Å². The van der Waals surface area contributed by atoms with E-state index in [2.05, 4.69) is 6.92 Å². The highest BCUT2D eigenvalue weighted by Gasteiger charge is 2.48. The Morgan fingerprint density at radius 2 is 1.94 bits per heavy atom. The largest absolute Gasteiger partial charge is 0.370 e. The van der Waals surface area contributed by atoms with Gasteiger partial charge in [-0.15, -0.1) is 0 Å². The molecule has 0 amide bonds. The first-order chi connectivity index (χ1) is 7.73. The molecule has 2 unspecified atom stereocenters. The fourth-order valence-corrected chi connectivity index (χ4v) is 3.43. The van der Waals surface area contributed by atoms with Gasteiger partial charge in [-0.3, -0.25) is 4.79 Å². The van der Waals surface area contributed by atoms with Crippen LogP contribution in [0.3, 0.4) is 0 Å². The average molecular weight is 224 g/mol. The molecule has 2 atom stereocenters. The summed E-state index contributed by atoms with van der Waals surface area (Å²) < 4.78 is 5.53. The second-order valence-electron chi connectivity index (χ2n) is 5.48. The first-order valence-electron chi connectivity index (χ1n) is 6.83. The third kappa shape index (κ3) is 1.92. The Bertz CT molecular complexity index is 250. The molecule has 0 N–H and O–H groups in total. The molecule has 2 fully saturated rings. The predicted molar refractivity (Wildman–Crippen MR) is 64.3 cm³/mol. The van der Waals surface area contributed by atoms with Crippen LogP contribution in [0.5, 0.6) is 0 Å². The van der Waals surface area contributed by atoms with Crippen molar-refractivity contribution in [1.29, 1.82) is 0 Å². The van der Waals surface area contributed by atoms with Crippen molar-refractivity contribution in [1.82, 2.24) is 0 Å². The molecule has 2 heteroatoms. The number of hydrogen-bond acceptors (Lipinski definition) is 2. The monoisotopic (exact) mass is 224 g/mol. The SMILES string of the molecule is CCC1CCCCC1C(=O)C1(OC)CCC1. The molecular weight excluding hydrogens is 200 g/mol. The number of rotatable bonds is 4. The van der Waals surface area contributed by atoms with Gasteiger partial charge in [-0.25, -0.2) is 0 Å². The van der Waals surface area contributed by atoms with Crippen molar-refractivity contribution < 1.29 is 9.53 Å². The molecule has 0 bridgehead atoms. The topological polar surface area (TPSA) is 26.3 Å². The van der Waals surface area contributed by atoms with E-state index in [0.29, 0.717) is 17.6 Å². The smallest absolute Gasteiger partial charge is 0.167 e. The van der Waals surface area contributed by atoms with Gasteiger partial charge in [0.1, 0.15) is 5.60 Å². The van der Waals surface area contributed by atoms with E-state index in [1.807, 2.05) is 0 Å². The molecule has 0 saturated heterocycles. The molecule has 2 nitrogen and oxygen atoms in total. The summed E-state index contributed by atoms with van der Waals surface area (Å²) in [6, 6.07) is 0. The molecule has 0 heterocycles. The molecule has 2 saturated carbocycles. The van der Waals surface area contributed by atoms with Crippen molar-refractivity contribution in [3.63, 3.8) is 0 Å². The van der Waals surface area contributed by atoms with E-state index < -0.39 is 0 Å². The van der Waals surface area contributed by atoms with Crippen LogP contribution in [-0.4, -0.2) is 18.5 Å². The van der Waals surface area contributed by atoms with Gasteiger partial charge in [-0.1, -0.05) is 26.2 Å². The Balaban J connectivity index is 2.07. The molecule has 92 valence electrons. The van der Waals surface area contributed by atoms with Gasteiger partial charge in [0.15, 0.2) is 5.78 Å². The quantitative estimate of drug-likeness (QED) is 0.732. The highest BCUT2D eigenvalue weighted by molar-refractivity contribution is 5.90. The third-order valence-electron chi connectivity index (χ3n) is 4.77. The van der Waals surface area contributed by atoms with Gasteiger partial charge in [-0.2, -0.15) is 0 Å². The predicted octanol–water partition coefficient (Wildman–Crippen LogP) is 3.34. The summed E-state index contributed by atoms with van der Waals surface area (Å²) in [5.74, 6) is 1.33. The Kier molecular flexibility index (Phi) is 3.68. The van der Waals surface area contributed by atoms with Gasteiger partial charge < -0.3 is 4.74 Å². The average Bonchev–Trinajstić information content (AvgIpc) is 2.28. The lowest BCUT2D eigenvalue weighted by atomic mass is 9.66. The number of ether oxygens (including phenoxy) is 1. The molecule has 2 aliphatic rings. The second-order valence-corrected chi connectivity index (χ2v) is 5.48. The molecular formula is C14H24O2. The maximum absolute atomic E-state index is 12.6. The fourth-order valence-electron chi connectivity index (χ4n) is 3.43. The van der Waals surface area contributed by atoms with E-state index in [-0.39, 0.29) is 5.60 Å². The summed E-state index contributed by atoms with van der Waals surface area (Å²) >= 11 is 0. The summed E-state index contributed by atoms with van der Waals surface area (Å²) in [6.07, 6.45) is 9.09. The zero-order valence-corrected chi connectivity index (χ0v) is 10.6. The molecule has 0 aromatic rings. The van der Waals surface area contributed by atoms with Gasteiger partial charge in [0.2, 0.25) is 0 Å². The van der Waals surface area contributed by atoms with Crippen molar-refractivity contribution in [2.75, 3.05) is 7.11 Å². The first kappa shape index (κ1) is 12.1. The maximum atomic E-state index is 12.6. The van der Waals surface area contributed by atoms with Crippen LogP contribution in [0.4, 0.5) is 0 Å². The Morgan fingerprint density at radius 3 is 2.44 bits per heavy atom. The van der Waals surface area contributed by atoms with Crippen LogP contribution in [-0.2, 0) is 9.53 Å². The van der Waals surface area contributed by atoms with Gasteiger partial charge in [0.05, 0.1) is 0 Å². The Hall–Kier alpha value is -0.370. The molecule has 2 aliphatic carbocycles. The Morgan fingerprint density at radius 1 is 1.25 bits per heavy atom. The van der Waals surface area contributed by atoms with E-state index in [1.165, 1.54) is 19.3 Å². The molecule has 0 aliphatic heterocycles. The number of methoxy groups -OCH3 is 1. The maximum Gasteiger partial charge on any atom is 0.167 e. The normalized spacial score (nSPS) is 33.1. The molecule has 16 heavy (non-hydrogen) atoms. The summed E-state index contributed by atoms with van der Waals surface area (Å²) in [6.45, 7) is 2.22. The van der Waals surface area contributed by atoms with Gasteiger partial charge in [0, 0.05) is 13.0 Å². The van der Waals surface area contributed by atoms with Gasteiger partial charge >= 0.3 is 0 Å². The van der Waals surface area contributed by atoms with Crippen LogP contribution in [0.1, 0.15) is 58.3 Å². The van der Waals surface area contributed by atoms with Crippen LogP contribution in [0.25, 0.3) is 0 Å². The third-order valence-corrected chi connectivity index (χ3v) is 4.77. The van der Waals surface area contributed by atoms with E-state index in [1.54, 1.807) is 7.11 Å². The van der Waals surface area contributed by atoms with Crippen LogP contribution in [0.2, 0.25) is 0 Å². The van der Waals surface area contributed by atoms with E-state index in [0.717, 1.165) is 32.1 Å². The number of hydrogen-bond donors (Lipinski definition) is 0. The van der Waals surface area contributed by atoms with Crippen LogP contribution in [0.15, 0.2) is 0 Å². The number of carbonyl (C=O) groups is 1. The summed E-state index contributed by atoms with van der Waals surface area (Å²) in [4.78, 5) is 12.6. The highest BCUT2D eigenvalue weighted by atomic mass is 16.5. The number of Topliss-reactive ketones (excluding diaryl/α,β-unsaturated/α-hetero) is 1. The lowest BCUT2D eigenvalue weighted by Gasteiger charge is -2.43. The van der Waals surface area contributed by atoms with Crippen LogP contribution < -0.4 is 0 Å². The molecule has 0 aromatic heterocycles. The molecule has 0 spiro atoms. The lowest BCUT2D eigenvalue weighted by molar-refractivity contribution is -0.159. The molecule has 2 rings (SSSR count). The molecule has 0 aromatic carbocycles. The fraction of sp³-hybridized carbons (Fsp3) is 0.929. The number of carbonyl (C=O) groups excluding carboxylic acids is 1.